The van der Waals surface area contributed by atoms with E-state index in [1.807, 2.05) is 26.0 Å². The van der Waals surface area contributed by atoms with Gasteiger partial charge in [0.2, 0.25) is 0 Å². The van der Waals surface area contributed by atoms with Crippen LogP contribution in [-0.2, 0) is 11.4 Å². The molecule has 0 aliphatic rings. The highest BCUT2D eigenvalue weighted by Crippen LogP contribution is 2.11. The standard InChI is InChI=1S/C9H12O.C4H8O/c1-7-4-3-5-9(6-10)8(7)2;1-3-4(2)5/h3-5,10H,6H2,1-2H3;3H2,1-2H3. The van der Waals surface area contributed by atoms with Crippen LogP contribution >= 0.6 is 0 Å². The zero-order valence-corrected chi connectivity index (χ0v) is 10.0. The van der Waals surface area contributed by atoms with E-state index in [1.54, 1.807) is 6.92 Å². The Labute approximate surface area is 91.9 Å². The molecule has 0 bridgehead atoms. The molecule has 15 heavy (non-hydrogen) atoms. The maximum atomic E-state index is 9.81. The topological polar surface area (TPSA) is 37.3 Å². The number of Topliss-reactive ketones (excluding diaryl/α,β-unsaturated/α-hetero) is 1. The molecular weight excluding hydrogens is 188 g/mol. The molecule has 1 aromatic rings. The van der Waals surface area contributed by atoms with Crippen LogP contribution in [0.25, 0.3) is 0 Å². The van der Waals surface area contributed by atoms with Crippen molar-refractivity contribution in [3.05, 3.63) is 34.9 Å². The molecule has 0 unspecified atom stereocenters. The molecule has 1 rings (SSSR count). The normalized spacial score (nSPS) is 9.13. The van der Waals surface area contributed by atoms with Crippen LogP contribution < -0.4 is 0 Å². The summed E-state index contributed by atoms with van der Waals surface area (Å²) in [7, 11) is 0. The molecule has 0 radical (unpaired) electrons. The number of aryl methyl sites for hydroxylation is 1. The van der Waals surface area contributed by atoms with Gasteiger partial charge in [-0.1, -0.05) is 25.1 Å². The molecule has 84 valence electrons. The van der Waals surface area contributed by atoms with Gasteiger partial charge in [-0.05, 0) is 37.5 Å². The molecule has 2 heteroatoms. The van der Waals surface area contributed by atoms with E-state index in [0.717, 1.165) is 5.56 Å². The minimum absolute atomic E-state index is 0.146. The molecule has 1 N–H and O–H groups in total. The lowest BCUT2D eigenvalue weighted by atomic mass is 10.0. The lowest BCUT2D eigenvalue weighted by Gasteiger charge is -2.03. The summed E-state index contributed by atoms with van der Waals surface area (Å²) in [6.45, 7) is 7.66. The first-order chi connectivity index (χ1) is 7.02. The summed E-state index contributed by atoms with van der Waals surface area (Å²) in [5.74, 6) is 0.255. The number of carbonyl (C=O) groups excluding carboxylic acids is 1. The predicted molar refractivity (Wildman–Crippen MR) is 62.8 cm³/mol. The van der Waals surface area contributed by atoms with Crippen molar-refractivity contribution in [2.75, 3.05) is 0 Å². The van der Waals surface area contributed by atoms with Crippen molar-refractivity contribution in [1.82, 2.24) is 0 Å². The molecule has 0 heterocycles. The average molecular weight is 208 g/mol. The smallest absolute Gasteiger partial charge is 0.129 e. The zero-order valence-electron chi connectivity index (χ0n) is 10.0. The van der Waals surface area contributed by atoms with Gasteiger partial charge in [-0.15, -0.1) is 0 Å². The number of benzene rings is 1. The maximum Gasteiger partial charge on any atom is 0.129 e. The van der Waals surface area contributed by atoms with Gasteiger partial charge in [-0.2, -0.15) is 0 Å². The highest BCUT2D eigenvalue weighted by Gasteiger charge is 1.96. The monoisotopic (exact) mass is 208 g/mol. The third kappa shape index (κ3) is 5.33. The third-order valence-corrected chi connectivity index (χ3v) is 2.39. The summed E-state index contributed by atoms with van der Waals surface area (Å²) < 4.78 is 0. The second kappa shape index (κ2) is 7.18. The van der Waals surface area contributed by atoms with Crippen molar-refractivity contribution in [1.29, 1.82) is 0 Å². The molecule has 0 spiro atoms. The minimum Gasteiger partial charge on any atom is -0.392 e. The van der Waals surface area contributed by atoms with Crippen molar-refractivity contribution in [3.63, 3.8) is 0 Å². The third-order valence-electron chi connectivity index (χ3n) is 2.39. The Bertz CT molecular complexity index is 316. The van der Waals surface area contributed by atoms with Crippen LogP contribution in [0.5, 0.6) is 0 Å². The average Bonchev–Trinajstić information content (AvgIpc) is 2.23. The van der Waals surface area contributed by atoms with E-state index in [0.29, 0.717) is 6.42 Å². The summed E-state index contributed by atoms with van der Waals surface area (Å²) in [6.07, 6.45) is 0.667. The Morgan fingerprint density at radius 3 is 2.20 bits per heavy atom. The number of aliphatic hydroxyl groups excluding tert-OH is 1. The van der Waals surface area contributed by atoms with E-state index in [9.17, 15) is 4.79 Å². The van der Waals surface area contributed by atoms with E-state index in [4.69, 9.17) is 5.11 Å². The first kappa shape index (κ1) is 13.8. The molecule has 0 aliphatic carbocycles. The summed E-state index contributed by atoms with van der Waals surface area (Å²) >= 11 is 0. The second-order valence-corrected chi connectivity index (χ2v) is 3.57. The fraction of sp³-hybridized carbons (Fsp3) is 0.462. The Balaban J connectivity index is 0.000000336. The van der Waals surface area contributed by atoms with E-state index >= 15 is 0 Å². The molecule has 0 aliphatic heterocycles. The predicted octanol–water partition coefficient (Wildman–Crippen LogP) is 2.78. The van der Waals surface area contributed by atoms with Gasteiger partial charge in [0.25, 0.3) is 0 Å². The van der Waals surface area contributed by atoms with Gasteiger partial charge in [0.1, 0.15) is 5.78 Å². The Morgan fingerprint density at radius 2 is 1.87 bits per heavy atom. The van der Waals surface area contributed by atoms with Crippen LogP contribution in [0, 0.1) is 13.8 Å². The van der Waals surface area contributed by atoms with Gasteiger partial charge in [0, 0.05) is 6.42 Å². The van der Waals surface area contributed by atoms with E-state index in [-0.39, 0.29) is 12.4 Å². The van der Waals surface area contributed by atoms with Gasteiger partial charge in [-0.3, -0.25) is 0 Å². The summed E-state index contributed by atoms with van der Waals surface area (Å²) in [5, 5.41) is 8.84. The number of aliphatic hydroxyl groups is 1. The number of rotatable bonds is 2. The Kier molecular flexibility index (Phi) is 6.63. The molecule has 0 fully saturated rings. The van der Waals surface area contributed by atoms with Gasteiger partial charge in [-0.25, -0.2) is 0 Å². The Morgan fingerprint density at radius 1 is 1.33 bits per heavy atom. The van der Waals surface area contributed by atoms with E-state index in [2.05, 4.69) is 13.0 Å². The van der Waals surface area contributed by atoms with E-state index in [1.165, 1.54) is 11.1 Å². The summed E-state index contributed by atoms with van der Waals surface area (Å²) in [5.41, 5.74) is 3.47. The highest BCUT2D eigenvalue weighted by molar-refractivity contribution is 5.74. The molecular formula is C13H20O2. The van der Waals surface area contributed by atoms with Crippen molar-refractivity contribution >= 4 is 5.78 Å². The molecule has 0 aromatic heterocycles. The quantitative estimate of drug-likeness (QED) is 0.811. The molecule has 2 nitrogen and oxygen atoms in total. The van der Waals surface area contributed by atoms with Crippen molar-refractivity contribution < 1.29 is 9.90 Å². The van der Waals surface area contributed by atoms with Crippen LogP contribution in [-0.4, -0.2) is 10.9 Å². The lowest BCUT2D eigenvalue weighted by molar-refractivity contribution is -0.116. The lowest BCUT2D eigenvalue weighted by Crippen LogP contribution is -1.90. The minimum atomic E-state index is 0.146. The van der Waals surface area contributed by atoms with Crippen LogP contribution in [0.15, 0.2) is 18.2 Å². The highest BCUT2D eigenvalue weighted by atomic mass is 16.3. The van der Waals surface area contributed by atoms with Crippen LogP contribution in [0.2, 0.25) is 0 Å². The number of ketones is 1. The van der Waals surface area contributed by atoms with Crippen molar-refractivity contribution in [3.8, 4) is 0 Å². The molecule has 0 saturated carbocycles. The Hall–Kier alpha value is -1.15. The fourth-order valence-electron chi connectivity index (χ4n) is 0.983. The number of hydrogen-bond acceptors (Lipinski definition) is 2. The van der Waals surface area contributed by atoms with Crippen molar-refractivity contribution in [2.45, 2.75) is 40.7 Å². The van der Waals surface area contributed by atoms with Crippen molar-refractivity contribution in [2.24, 2.45) is 0 Å². The molecule has 0 saturated heterocycles. The number of hydrogen-bond donors (Lipinski definition) is 1. The maximum absolute atomic E-state index is 9.81. The first-order valence-corrected chi connectivity index (χ1v) is 5.18. The van der Waals surface area contributed by atoms with E-state index < -0.39 is 0 Å². The zero-order chi connectivity index (χ0) is 11.8. The fourth-order valence-corrected chi connectivity index (χ4v) is 0.983. The van der Waals surface area contributed by atoms with Crippen LogP contribution in [0.3, 0.4) is 0 Å². The van der Waals surface area contributed by atoms with Gasteiger partial charge in [0.15, 0.2) is 0 Å². The molecule has 0 amide bonds. The largest absolute Gasteiger partial charge is 0.392 e. The first-order valence-electron chi connectivity index (χ1n) is 5.18. The number of carbonyl (C=O) groups is 1. The SMILES string of the molecule is CCC(C)=O.Cc1cccc(CO)c1C. The molecule has 1 aromatic carbocycles. The van der Waals surface area contributed by atoms with Crippen LogP contribution in [0.4, 0.5) is 0 Å². The second-order valence-electron chi connectivity index (χ2n) is 3.57. The molecule has 0 atom stereocenters. The van der Waals surface area contributed by atoms with Gasteiger partial charge < -0.3 is 9.90 Å². The van der Waals surface area contributed by atoms with Gasteiger partial charge in [0.05, 0.1) is 6.61 Å². The van der Waals surface area contributed by atoms with Gasteiger partial charge >= 0.3 is 0 Å². The summed E-state index contributed by atoms with van der Waals surface area (Å²) in [4.78, 5) is 9.81. The summed E-state index contributed by atoms with van der Waals surface area (Å²) in [6, 6.07) is 5.96. The van der Waals surface area contributed by atoms with Crippen LogP contribution in [0.1, 0.15) is 37.0 Å².